The van der Waals surface area contributed by atoms with Crippen LogP contribution in [-0.2, 0) is 4.79 Å². The Labute approximate surface area is 108 Å². The van der Waals surface area contributed by atoms with Crippen LogP contribution in [0.4, 0.5) is 0 Å². The lowest BCUT2D eigenvalue weighted by atomic mass is 9.49. The van der Waals surface area contributed by atoms with E-state index >= 15 is 0 Å². The normalized spacial score (nSPS) is 42.9. The molecule has 0 saturated heterocycles. The molecule has 0 aromatic heterocycles. The molecule has 0 aliphatic heterocycles. The van der Waals surface area contributed by atoms with Crippen molar-refractivity contribution in [2.45, 2.75) is 44.9 Å². The Morgan fingerprint density at radius 2 is 1.65 bits per heavy atom. The Morgan fingerprint density at radius 3 is 2.12 bits per heavy atom. The lowest BCUT2D eigenvalue weighted by Crippen LogP contribution is -2.46. The summed E-state index contributed by atoms with van der Waals surface area (Å²) in [7, 11) is 0. The smallest absolute Gasteiger partial charge is 0.313 e. The van der Waals surface area contributed by atoms with Gasteiger partial charge in [-0.2, -0.15) is 11.8 Å². The Balaban J connectivity index is 1.53. The molecule has 96 valence electrons. The van der Waals surface area contributed by atoms with Gasteiger partial charge < -0.3 is 5.11 Å². The summed E-state index contributed by atoms with van der Waals surface area (Å²) >= 11 is 1.61. The predicted octanol–water partition coefficient (Wildman–Crippen LogP) is 3.41. The van der Waals surface area contributed by atoms with Crippen LogP contribution in [0.3, 0.4) is 0 Å². The van der Waals surface area contributed by atoms with Crippen LogP contribution in [0.1, 0.15) is 44.9 Å². The standard InChI is InChI=1S/C14H22O2S/c15-13(16)9-17-2-1-14-6-10-3-11(7-14)5-12(4-10)8-14/h10-12H,1-9H2,(H,15,16). The van der Waals surface area contributed by atoms with Crippen molar-refractivity contribution in [1.29, 1.82) is 0 Å². The number of thioether (sulfide) groups is 1. The summed E-state index contributed by atoms with van der Waals surface area (Å²) in [6.07, 6.45) is 10.1. The molecular formula is C14H22O2S. The van der Waals surface area contributed by atoms with E-state index in [9.17, 15) is 4.79 Å². The quantitative estimate of drug-likeness (QED) is 0.764. The summed E-state index contributed by atoms with van der Waals surface area (Å²) in [6, 6.07) is 0. The van der Waals surface area contributed by atoms with Gasteiger partial charge in [-0.3, -0.25) is 4.79 Å². The number of aliphatic carboxylic acids is 1. The van der Waals surface area contributed by atoms with Crippen LogP contribution in [0.2, 0.25) is 0 Å². The molecule has 4 aliphatic carbocycles. The average Bonchev–Trinajstić information content (AvgIpc) is 2.22. The molecule has 4 saturated carbocycles. The van der Waals surface area contributed by atoms with Crippen LogP contribution in [0, 0.1) is 23.2 Å². The van der Waals surface area contributed by atoms with E-state index in [0.717, 1.165) is 23.5 Å². The number of hydrogen-bond acceptors (Lipinski definition) is 2. The van der Waals surface area contributed by atoms with Gasteiger partial charge in [-0.1, -0.05) is 0 Å². The summed E-state index contributed by atoms with van der Waals surface area (Å²) in [5, 5.41) is 8.65. The van der Waals surface area contributed by atoms with E-state index in [1.165, 1.54) is 44.9 Å². The second-order valence-electron chi connectivity index (χ2n) is 6.61. The fourth-order valence-electron chi connectivity index (χ4n) is 5.04. The van der Waals surface area contributed by atoms with E-state index in [4.69, 9.17) is 5.11 Å². The maximum atomic E-state index is 10.5. The van der Waals surface area contributed by atoms with Crippen LogP contribution in [-0.4, -0.2) is 22.6 Å². The first-order valence-corrected chi connectivity index (χ1v) is 8.10. The molecule has 0 aromatic carbocycles. The number of carboxylic acids is 1. The second-order valence-corrected chi connectivity index (χ2v) is 7.72. The van der Waals surface area contributed by atoms with Gasteiger partial charge in [-0.25, -0.2) is 0 Å². The van der Waals surface area contributed by atoms with Gasteiger partial charge in [-0.15, -0.1) is 0 Å². The van der Waals surface area contributed by atoms with Crippen LogP contribution >= 0.6 is 11.8 Å². The number of hydrogen-bond donors (Lipinski definition) is 1. The molecule has 0 amide bonds. The first-order chi connectivity index (χ1) is 8.15. The molecule has 0 heterocycles. The van der Waals surface area contributed by atoms with Crippen molar-refractivity contribution in [3.05, 3.63) is 0 Å². The van der Waals surface area contributed by atoms with Gasteiger partial charge in [0.05, 0.1) is 5.75 Å². The molecule has 4 aliphatic rings. The van der Waals surface area contributed by atoms with Gasteiger partial charge in [0.1, 0.15) is 0 Å². The third-order valence-corrected chi connectivity index (χ3v) is 6.11. The Hall–Kier alpha value is -0.180. The molecular weight excluding hydrogens is 232 g/mol. The predicted molar refractivity (Wildman–Crippen MR) is 70.2 cm³/mol. The zero-order valence-corrected chi connectivity index (χ0v) is 11.2. The van der Waals surface area contributed by atoms with E-state index in [1.54, 1.807) is 11.8 Å². The maximum absolute atomic E-state index is 10.5. The fourth-order valence-corrected chi connectivity index (χ4v) is 5.94. The summed E-state index contributed by atoms with van der Waals surface area (Å²) < 4.78 is 0. The SMILES string of the molecule is O=C(O)CSCCC12CC3CC(CC(C3)C1)C2. The maximum Gasteiger partial charge on any atom is 0.313 e. The van der Waals surface area contributed by atoms with Gasteiger partial charge in [0.25, 0.3) is 0 Å². The number of carboxylic acid groups (broad SMARTS) is 1. The van der Waals surface area contributed by atoms with Crippen LogP contribution in [0.5, 0.6) is 0 Å². The molecule has 0 atom stereocenters. The van der Waals surface area contributed by atoms with Crippen LogP contribution < -0.4 is 0 Å². The van der Waals surface area contributed by atoms with Crippen molar-refractivity contribution in [1.82, 2.24) is 0 Å². The number of rotatable bonds is 5. The number of carbonyl (C=O) groups is 1. The molecule has 2 nitrogen and oxygen atoms in total. The highest BCUT2D eigenvalue weighted by atomic mass is 32.2. The van der Waals surface area contributed by atoms with E-state index in [-0.39, 0.29) is 5.75 Å². The Kier molecular flexibility index (Phi) is 3.14. The van der Waals surface area contributed by atoms with E-state index in [2.05, 4.69) is 0 Å². The molecule has 4 rings (SSSR count). The molecule has 4 bridgehead atoms. The van der Waals surface area contributed by atoms with Crippen molar-refractivity contribution < 1.29 is 9.90 Å². The first kappa shape index (κ1) is 11.9. The monoisotopic (exact) mass is 254 g/mol. The van der Waals surface area contributed by atoms with E-state index < -0.39 is 5.97 Å². The van der Waals surface area contributed by atoms with E-state index in [1.807, 2.05) is 0 Å². The zero-order chi connectivity index (χ0) is 11.9. The minimum absolute atomic E-state index is 0.284. The van der Waals surface area contributed by atoms with Crippen molar-refractivity contribution in [2.75, 3.05) is 11.5 Å². The highest BCUT2D eigenvalue weighted by Gasteiger charge is 2.50. The van der Waals surface area contributed by atoms with Crippen LogP contribution in [0.15, 0.2) is 0 Å². The second kappa shape index (κ2) is 4.49. The van der Waals surface area contributed by atoms with Gasteiger partial charge in [0, 0.05) is 0 Å². The van der Waals surface area contributed by atoms with Gasteiger partial charge >= 0.3 is 5.97 Å². The third kappa shape index (κ3) is 2.49. The van der Waals surface area contributed by atoms with Crippen molar-refractivity contribution in [3.8, 4) is 0 Å². The van der Waals surface area contributed by atoms with Gasteiger partial charge in [-0.05, 0) is 73.9 Å². The molecule has 3 heteroatoms. The largest absolute Gasteiger partial charge is 0.481 e. The molecule has 17 heavy (non-hydrogen) atoms. The van der Waals surface area contributed by atoms with E-state index in [0.29, 0.717) is 5.41 Å². The minimum atomic E-state index is -0.666. The average molecular weight is 254 g/mol. The van der Waals surface area contributed by atoms with Crippen molar-refractivity contribution in [3.63, 3.8) is 0 Å². The van der Waals surface area contributed by atoms with Crippen molar-refractivity contribution in [2.24, 2.45) is 23.2 Å². The fraction of sp³-hybridized carbons (Fsp3) is 0.929. The molecule has 0 aromatic rings. The summed E-state index contributed by atoms with van der Waals surface area (Å²) in [6.45, 7) is 0. The first-order valence-electron chi connectivity index (χ1n) is 6.95. The lowest BCUT2D eigenvalue weighted by Gasteiger charge is -2.57. The highest BCUT2D eigenvalue weighted by Crippen LogP contribution is 2.61. The third-order valence-electron chi connectivity index (χ3n) is 5.17. The molecule has 0 spiro atoms. The van der Waals surface area contributed by atoms with Crippen LogP contribution in [0.25, 0.3) is 0 Å². The molecule has 0 radical (unpaired) electrons. The Bertz CT molecular complexity index is 278. The summed E-state index contributed by atoms with van der Waals surface area (Å²) in [5.74, 6) is 3.73. The minimum Gasteiger partial charge on any atom is -0.481 e. The molecule has 0 unspecified atom stereocenters. The Morgan fingerprint density at radius 1 is 1.12 bits per heavy atom. The highest BCUT2D eigenvalue weighted by molar-refractivity contribution is 7.99. The summed E-state index contributed by atoms with van der Waals surface area (Å²) in [4.78, 5) is 10.5. The zero-order valence-electron chi connectivity index (χ0n) is 10.4. The molecule has 1 N–H and O–H groups in total. The van der Waals surface area contributed by atoms with Gasteiger partial charge in [0.15, 0.2) is 0 Å². The van der Waals surface area contributed by atoms with Crippen molar-refractivity contribution >= 4 is 17.7 Å². The molecule has 4 fully saturated rings. The summed E-state index contributed by atoms with van der Waals surface area (Å²) in [5.41, 5.74) is 0.625. The lowest BCUT2D eigenvalue weighted by molar-refractivity contribution is -0.133. The topological polar surface area (TPSA) is 37.3 Å². The van der Waals surface area contributed by atoms with Gasteiger partial charge in [0.2, 0.25) is 0 Å².